The van der Waals surface area contributed by atoms with Crippen LogP contribution in [0.15, 0.2) is 47.1 Å². The Morgan fingerprint density at radius 2 is 1.80 bits per heavy atom. The highest BCUT2D eigenvalue weighted by Gasteiger charge is 2.18. The highest BCUT2D eigenvalue weighted by atomic mass is 79.9. The quantitative estimate of drug-likeness (QED) is 0.783. The normalized spacial score (nSPS) is 12.0. The van der Waals surface area contributed by atoms with Crippen molar-refractivity contribution in [3.8, 4) is 5.69 Å². The van der Waals surface area contributed by atoms with Crippen molar-refractivity contribution in [2.45, 2.75) is 19.4 Å². The van der Waals surface area contributed by atoms with E-state index in [1.165, 1.54) is 5.39 Å². The largest absolute Gasteiger partial charge is 0.320 e. The maximum atomic E-state index is 6.03. The molecule has 0 radical (unpaired) electrons. The zero-order valence-corrected chi connectivity index (χ0v) is 12.9. The molecule has 0 atom stereocenters. The van der Waals surface area contributed by atoms with Gasteiger partial charge in [-0.15, -0.1) is 5.10 Å². The molecule has 1 aromatic heterocycles. The average molecular weight is 331 g/mol. The van der Waals surface area contributed by atoms with Gasteiger partial charge in [0.05, 0.1) is 17.4 Å². The van der Waals surface area contributed by atoms with Crippen molar-refractivity contribution in [3.63, 3.8) is 0 Å². The number of benzene rings is 2. The average Bonchev–Trinajstić information content (AvgIpc) is 2.87. The van der Waals surface area contributed by atoms with Crippen LogP contribution in [0, 0.1) is 0 Å². The Morgan fingerprint density at radius 1 is 1.10 bits per heavy atom. The predicted molar refractivity (Wildman–Crippen MR) is 83.8 cm³/mol. The third-order valence-corrected chi connectivity index (χ3v) is 3.70. The van der Waals surface area contributed by atoms with Gasteiger partial charge < -0.3 is 5.73 Å². The molecule has 0 aliphatic rings. The van der Waals surface area contributed by atoms with E-state index in [-0.39, 0.29) is 0 Å². The predicted octanol–water partition coefficient (Wildman–Crippen LogP) is 3.38. The van der Waals surface area contributed by atoms with E-state index < -0.39 is 5.54 Å². The Bertz CT molecular complexity index is 771. The number of halogens is 1. The molecule has 4 nitrogen and oxygen atoms in total. The van der Waals surface area contributed by atoms with Crippen molar-refractivity contribution in [2.24, 2.45) is 5.73 Å². The first-order chi connectivity index (χ1) is 9.43. The lowest BCUT2D eigenvalue weighted by molar-refractivity contribution is 0.533. The third-order valence-electron chi connectivity index (χ3n) is 3.20. The molecule has 102 valence electrons. The van der Waals surface area contributed by atoms with Crippen LogP contribution in [0.4, 0.5) is 0 Å². The number of aromatic nitrogens is 3. The molecule has 0 aliphatic carbocycles. The van der Waals surface area contributed by atoms with Gasteiger partial charge in [-0.05, 0) is 48.9 Å². The molecule has 0 saturated heterocycles. The standard InChI is InChI=1S/C15H15BrN4/c1-15(2,17)14-9-20(19-18-14)13-6-4-10-7-12(16)5-3-11(10)8-13/h3-9H,17H2,1-2H3. The Hall–Kier alpha value is -1.72. The zero-order valence-electron chi connectivity index (χ0n) is 11.3. The van der Waals surface area contributed by atoms with Gasteiger partial charge in [0.25, 0.3) is 0 Å². The zero-order chi connectivity index (χ0) is 14.3. The second-order valence-corrected chi connectivity index (χ2v) is 6.36. The van der Waals surface area contributed by atoms with E-state index in [2.05, 4.69) is 50.5 Å². The highest BCUT2D eigenvalue weighted by Crippen LogP contribution is 2.23. The molecule has 0 unspecified atom stereocenters. The monoisotopic (exact) mass is 330 g/mol. The molecule has 0 amide bonds. The summed E-state index contributed by atoms with van der Waals surface area (Å²) in [6.07, 6.45) is 1.88. The molecule has 0 spiro atoms. The fourth-order valence-corrected chi connectivity index (χ4v) is 2.41. The first-order valence-corrected chi connectivity index (χ1v) is 7.14. The van der Waals surface area contributed by atoms with Crippen molar-refractivity contribution in [1.82, 2.24) is 15.0 Å². The summed E-state index contributed by atoms with van der Waals surface area (Å²) in [6, 6.07) is 12.4. The van der Waals surface area contributed by atoms with E-state index in [1.54, 1.807) is 4.68 Å². The summed E-state index contributed by atoms with van der Waals surface area (Å²) in [5.74, 6) is 0. The van der Waals surface area contributed by atoms with Gasteiger partial charge in [-0.1, -0.05) is 33.3 Å². The van der Waals surface area contributed by atoms with E-state index in [1.807, 2.05) is 32.2 Å². The lowest BCUT2D eigenvalue weighted by Gasteiger charge is -2.13. The third kappa shape index (κ3) is 2.46. The van der Waals surface area contributed by atoms with Crippen LogP contribution in [0.3, 0.4) is 0 Å². The van der Waals surface area contributed by atoms with Crippen LogP contribution in [0.1, 0.15) is 19.5 Å². The number of hydrogen-bond acceptors (Lipinski definition) is 3. The van der Waals surface area contributed by atoms with Crippen molar-refractivity contribution < 1.29 is 0 Å². The molecular formula is C15H15BrN4. The van der Waals surface area contributed by atoms with Crippen molar-refractivity contribution in [2.75, 3.05) is 0 Å². The van der Waals surface area contributed by atoms with E-state index in [0.29, 0.717) is 0 Å². The summed E-state index contributed by atoms with van der Waals surface area (Å²) in [5, 5.41) is 10.6. The Morgan fingerprint density at radius 3 is 2.50 bits per heavy atom. The molecule has 5 heteroatoms. The molecule has 1 heterocycles. The molecule has 0 fully saturated rings. The Kier molecular flexibility index (Phi) is 3.11. The van der Waals surface area contributed by atoms with Crippen LogP contribution in [-0.2, 0) is 5.54 Å². The summed E-state index contributed by atoms with van der Waals surface area (Å²) < 4.78 is 2.83. The lowest BCUT2D eigenvalue weighted by Crippen LogP contribution is -2.29. The van der Waals surface area contributed by atoms with Gasteiger partial charge >= 0.3 is 0 Å². The molecule has 0 aliphatic heterocycles. The maximum Gasteiger partial charge on any atom is 0.102 e. The van der Waals surface area contributed by atoms with Gasteiger partial charge in [-0.2, -0.15) is 0 Å². The number of nitrogens with two attached hydrogens (primary N) is 1. The van der Waals surface area contributed by atoms with Crippen LogP contribution in [0.5, 0.6) is 0 Å². The van der Waals surface area contributed by atoms with E-state index in [9.17, 15) is 0 Å². The van der Waals surface area contributed by atoms with Gasteiger partial charge in [0.15, 0.2) is 0 Å². The van der Waals surface area contributed by atoms with Crippen LogP contribution in [-0.4, -0.2) is 15.0 Å². The fraction of sp³-hybridized carbons (Fsp3) is 0.200. The fourth-order valence-electron chi connectivity index (χ4n) is 2.03. The molecule has 0 saturated carbocycles. The topological polar surface area (TPSA) is 56.7 Å². The molecular weight excluding hydrogens is 316 g/mol. The second kappa shape index (κ2) is 4.68. The number of rotatable bonds is 2. The van der Waals surface area contributed by atoms with Gasteiger partial charge in [0.2, 0.25) is 0 Å². The summed E-state index contributed by atoms with van der Waals surface area (Å²) in [6.45, 7) is 3.83. The van der Waals surface area contributed by atoms with E-state index >= 15 is 0 Å². The van der Waals surface area contributed by atoms with Crippen LogP contribution < -0.4 is 5.73 Å². The van der Waals surface area contributed by atoms with Crippen molar-refractivity contribution in [3.05, 3.63) is 52.8 Å². The van der Waals surface area contributed by atoms with Crippen molar-refractivity contribution >= 4 is 26.7 Å². The van der Waals surface area contributed by atoms with Gasteiger partial charge in [-0.25, -0.2) is 4.68 Å². The van der Waals surface area contributed by atoms with Crippen molar-refractivity contribution in [1.29, 1.82) is 0 Å². The number of fused-ring (bicyclic) bond motifs is 1. The summed E-state index contributed by atoms with van der Waals surface area (Å²) >= 11 is 3.48. The van der Waals surface area contributed by atoms with Crippen LogP contribution in [0.2, 0.25) is 0 Å². The molecule has 3 rings (SSSR count). The van der Waals surface area contributed by atoms with Crippen LogP contribution >= 0.6 is 15.9 Å². The Labute approximate surface area is 125 Å². The highest BCUT2D eigenvalue weighted by molar-refractivity contribution is 9.10. The second-order valence-electron chi connectivity index (χ2n) is 5.45. The Balaban J connectivity index is 2.06. The first-order valence-electron chi connectivity index (χ1n) is 6.35. The minimum absolute atomic E-state index is 0.486. The molecule has 2 aromatic carbocycles. The maximum absolute atomic E-state index is 6.03. The summed E-state index contributed by atoms with van der Waals surface area (Å²) in [5.41, 5.74) is 7.29. The number of hydrogen-bond donors (Lipinski definition) is 1. The summed E-state index contributed by atoms with van der Waals surface area (Å²) in [7, 11) is 0. The van der Waals surface area contributed by atoms with E-state index in [4.69, 9.17) is 5.73 Å². The minimum Gasteiger partial charge on any atom is -0.320 e. The number of nitrogens with zero attached hydrogens (tertiary/aromatic N) is 3. The first kappa shape index (κ1) is 13.3. The van der Waals surface area contributed by atoms with Gasteiger partial charge in [-0.3, -0.25) is 0 Å². The molecule has 3 aromatic rings. The minimum atomic E-state index is -0.486. The van der Waals surface area contributed by atoms with Gasteiger partial charge in [0, 0.05) is 4.47 Å². The molecule has 2 N–H and O–H groups in total. The SMILES string of the molecule is CC(C)(N)c1cn(-c2ccc3cc(Br)ccc3c2)nn1. The summed E-state index contributed by atoms with van der Waals surface area (Å²) in [4.78, 5) is 0. The van der Waals surface area contributed by atoms with Gasteiger partial charge in [0.1, 0.15) is 5.69 Å². The van der Waals surface area contributed by atoms with Crippen LogP contribution in [0.25, 0.3) is 16.5 Å². The van der Waals surface area contributed by atoms with E-state index in [0.717, 1.165) is 21.2 Å². The molecule has 20 heavy (non-hydrogen) atoms. The molecule has 0 bridgehead atoms. The smallest absolute Gasteiger partial charge is 0.102 e. The lowest BCUT2D eigenvalue weighted by atomic mass is 10.0.